The molecule has 197 valence electrons. The van der Waals surface area contributed by atoms with Crippen LogP contribution in [0.4, 0.5) is 0 Å². The van der Waals surface area contributed by atoms with Gasteiger partial charge in [-0.3, -0.25) is 0 Å². The molecule has 0 bridgehead atoms. The number of rotatable bonds is 5. The molecule has 0 saturated carbocycles. The molecule has 0 spiro atoms. The van der Waals surface area contributed by atoms with Gasteiger partial charge < -0.3 is 11.4 Å². The first kappa shape index (κ1) is 33.1. The molecule has 2 aromatic carbocycles. The van der Waals surface area contributed by atoms with Crippen molar-refractivity contribution < 1.29 is 11.4 Å². The van der Waals surface area contributed by atoms with Gasteiger partial charge >= 0.3 is 15.1 Å². The van der Waals surface area contributed by atoms with Crippen LogP contribution in [0, 0.1) is 13.8 Å². The second-order valence-corrected chi connectivity index (χ2v) is 15.7. The summed E-state index contributed by atoms with van der Waals surface area (Å²) in [5.41, 5.74) is 6.94. The van der Waals surface area contributed by atoms with Crippen LogP contribution < -0.4 is 7.58 Å². The minimum atomic E-state index is -2.60. The Kier molecular flexibility index (Phi) is 10.5. The molecular weight excluding hydrogens is 474 g/mol. The Balaban J connectivity index is 0.00000648. The Morgan fingerprint density at radius 2 is 0.722 bits per heavy atom. The summed E-state index contributed by atoms with van der Waals surface area (Å²) in [5, 5.41) is 0. The lowest BCUT2D eigenvalue weighted by atomic mass is 9.78. The molecule has 2 aromatic rings. The summed E-state index contributed by atoms with van der Waals surface area (Å²) in [7, 11) is 1.71. The monoisotopic (exact) mass is 523 g/mol. The first-order valence-corrected chi connectivity index (χ1v) is 14.2. The fraction of sp³-hybridized carbons (Fsp3) is 0.613. The number of hydrogen-bond acceptors (Lipinski definition) is 3. The standard InChI is InChI=1S/2C15H24O.CH3O.2Al/c2*1-10-8-11(14(2,3)4)13(16)12(9-10)15(5,6)7;1-2;;/h2*8-9,16H,1-7H3;1H3;;/q;;-1;;+3/p-2. The van der Waals surface area contributed by atoms with Gasteiger partial charge in [0.05, 0.1) is 11.5 Å². The molecule has 0 aliphatic heterocycles. The second-order valence-electron chi connectivity index (χ2n) is 14.1. The largest absolute Gasteiger partial charge is 1.10 e. The van der Waals surface area contributed by atoms with E-state index in [0.717, 1.165) is 11.5 Å². The van der Waals surface area contributed by atoms with E-state index in [0.29, 0.717) is 0 Å². The van der Waals surface area contributed by atoms with Gasteiger partial charge in [0, 0.05) is 24.5 Å². The first-order chi connectivity index (χ1) is 15.7. The van der Waals surface area contributed by atoms with Gasteiger partial charge in [0.2, 0.25) is 0 Å². The molecule has 0 heterocycles. The molecule has 3 radical (unpaired) electrons. The quantitative estimate of drug-likeness (QED) is 0.370. The van der Waals surface area contributed by atoms with Crippen LogP contribution in [0.15, 0.2) is 24.3 Å². The van der Waals surface area contributed by atoms with Gasteiger partial charge in [0.25, 0.3) is 0 Å². The summed E-state index contributed by atoms with van der Waals surface area (Å²) in [4.78, 5) is 0. The van der Waals surface area contributed by atoms with E-state index in [-0.39, 0.29) is 39.0 Å². The van der Waals surface area contributed by atoms with E-state index in [2.05, 4.69) is 121 Å². The van der Waals surface area contributed by atoms with Crippen LogP contribution in [-0.2, 0) is 25.4 Å². The van der Waals surface area contributed by atoms with E-state index < -0.39 is 15.1 Å². The maximum absolute atomic E-state index is 6.80. The van der Waals surface area contributed by atoms with Crippen LogP contribution in [0.25, 0.3) is 0 Å². The highest BCUT2D eigenvalue weighted by molar-refractivity contribution is 6.38. The Bertz CT molecular complexity index is 892. The van der Waals surface area contributed by atoms with E-state index >= 15 is 0 Å². The maximum atomic E-state index is 6.80. The van der Waals surface area contributed by atoms with Crippen molar-refractivity contribution in [1.29, 1.82) is 0 Å². The minimum Gasteiger partial charge on any atom is -0.588 e. The number of hydrogen-bond donors (Lipinski definition) is 0. The topological polar surface area (TPSA) is 27.7 Å². The normalized spacial score (nSPS) is 12.8. The van der Waals surface area contributed by atoms with Gasteiger partial charge in [-0.2, -0.15) is 0 Å². The Hall–Kier alpha value is -0.935. The first-order valence-electron chi connectivity index (χ1n) is 12.8. The zero-order chi connectivity index (χ0) is 27.1. The van der Waals surface area contributed by atoms with Crippen LogP contribution in [0.1, 0.15) is 116 Å². The highest BCUT2D eigenvalue weighted by Crippen LogP contribution is 2.43. The molecule has 0 atom stereocenters. The van der Waals surface area contributed by atoms with Crippen molar-refractivity contribution in [2.45, 2.75) is 119 Å². The van der Waals surface area contributed by atoms with Gasteiger partial charge in [0.15, 0.2) is 0 Å². The highest BCUT2D eigenvalue weighted by Gasteiger charge is 2.43. The summed E-state index contributed by atoms with van der Waals surface area (Å²) in [6.07, 6.45) is 0. The fourth-order valence-electron chi connectivity index (χ4n) is 4.34. The molecule has 0 unspecified atom stereocenters. The van der Waals surface area contributed by atoms with Crippen LogP contribution in [0.2, 0.25) is 0 Å². The van der Waals surface area contributed by atoms with Crippen molar-refractivity contribution in [3.8, 4) is 11.5 Å². The van der Waals surface area contributed by atoms with E-state index in [9.17, 15) is 0 Å². The van der Waals surface area contributed by atoms with Crippen molar-refractivity contribution in [3.63, 3.8) is 0 Å². The van der Waals surface area contributed by atoms with Crippen LogP contribution in [0.5, 0.6) is 11.5 Å². The highest BCUT2D eigenvalue weighted by atomic mass is 27.3. The van der Waals surface area contributed by atoms with Gasteiger partial charge in [-0.15, -0.1) is 0 Å². The van der Waals surface area contributed by atoms with E-state index in [1.54, 1.807) is 7.11 Å². The molecule has 0 amide bonds. The summed E-state index contributed by atoms with van der Waals surface area (Å²) < 4.78 is 19.6. The van der Waals surface area contributed by atoms with Gasteiger partial charge in [-0.1, -0.05) is 118 Å². The number of aryl methyl sites for hydroxylation is 2. The molecule has 5 heteroatoms. The molecule has 0 aliphatic rings. The van der Waals surface area contributed by atoms with Gasteiger partial charge in [-0.05, 0) is 57.8 Å². The van der Waals surface area contributed by atoms with Gasteiger partial charge in [0.1, 0.15) is 0 Å². The smallest absolute Gasteiger partial charge is 0.588 e. The van der Waals surface area contributed by atoms with Crippen LogP contribution in [-0.4, -0.2) is 39.6 Å². The van der Waals surface area contributed by atoms with Crippen molar-refractivity contribution in [3.05, 3.63) is 57.6 Å². The molecule has 0 aliphatic carbocycles. The summed E-state index contributed by atoms with van der Waals surface area (Å²) in [6, 6.07) is 8.99. The molecule has 0 saturated heterocycles. The lowest BCUT2D eigenvalue weighted by Crippen LogP contribution is -2.36. The second kappa shape index (κ2) is 11.4. The van der Waals surface area contributed by atoms with Crippen molar-refractivity contribution >= 4 is 32.5 Å². The molecule has 2 rings (SSSR count). The molecule has 36 heavy (non-hydrogen) atoms. The Morgan fingerprint density at radius 1 is 0.500 bits per heavy atom. The SMILES string of the molecule is C[O][Al]([O]c1c(C(C)(C)C)cc(C)cc1C(C)(C)C)[O]c1c(C(C)(C)C)cc(C)cc1C(C)(C)C.[Al]. The fourth-order valence-corrected chi connectivity index (χ4v) is 5.47. The number of benzene rings is 2. The predicted molar refractivity (Wildman–Crippen MR) is 157 cm³/mol. The maximum Gasteiger partial charge on any atom is 1.10 e. The zero-order valence-corrected chi connectivity index (χ0v) is 28.0. The molecule has 3 nitrogen and oxygen atoms in total. The van der Waals surface area contributed by atoms with E-state index in [1.165, 1.54) is 33.4 Å². The lowest BCUT2D eigenvalue weighted by molar-refractivity contribution is 0.239. The zero-order valence-electron chi connectivity index (χ0n) is 25.7. The third kappa shape index (κ3) is 8.03. The molecule has 0 N–H and O–H groups in total. The minimum absolute atomic E-state index is 0. The van der Waals surface area contributed by atoms with Crippen molar-refractivity contribution in [2.75, 3.05) is 7.11 Å². The molecular formula is C31H49Al2O3. The predicted octanol–water partition coefficient (Wildman–Crippen LogP) is 8.20. The van der Waals surface area contributed by atoms with E-state index in [4.69, 9.17) is 11.4 Å². The van der Waals surface area contributed by atoms with Crippen molar-refractivity contribution in [1.82, 2.24) is 0 Å². The lowest BCUT2D eigenvalue weighted by Gasteiger charge is -2.33. The van der Waals surface area contributed by atoms with Crippen molar-refractivity contribution in [2.24, 2.45) is 0 Å². The average Bonchev–Trinajstić information content (AvgIpc) is 2.65. The Labute approximate surface area is 237 Å². The van der Waals surface area contributed by atoms with Gasteiger partial charge in [-0.25, -0.2) is 0 Å². The Morgan fingerprint density at radius 3 is 0.889 bits per heavy atom. The summed E-state index contributed by atoms with van der Waals surface area (Å²) in [5.74, 6) is 1.83. The van der Waals surface area contributed by atoms with Crippen LogP contribution >= 0.6 is 0 Å². The average molecular weight is 524 g/mol. The molecule has 0 aromatic heterocycles. The van der Waals surface area contributed by atoms with E-state index in [1.807, 2.05) is 0 Å². The van der Waals surface area contributed by atoms with Crippen LogP contribution in [0.3, 0.4) is 0 Å². The summed E-state index contributed by atoms with van der Waals surface area (Å²) in [6.45, 7) is 31.2. The summed E-state index contributed by atoms with van der Waals surface area (Å²) >= 11 is -2.60. The third-order valence-corrected chi connectivity index (χ3v) is 7.56. The molecule has 0 fully saturated rings. The third-order valence-electron chi connectivity index (χ3n) is 6.32.